The van der Waals surface area contributed by atoms with E-state index in [-0.39, 0.29) is 16.5 Å². The molecular weight excluding hydrogens is 334 g/mol. The van der Waals surface area contributed by atoms with Gasteiger partial charge in [-0.05, 0) is 42.8 Å². The minimum Gasteiger partial charge on any atom is -0.538 e. The molecule has 0 aliphatic carbocycles. The molecule has 0 aliphatic rings. The molecule has 2 aromatic rings. The van der Waals surface area contributed by atoms with Crippen LogP contribution < -0.4 is 15.1 Å². The Balaban J connectivity index is 2.18. The summed E-state index contributed by atoms with van der Waals surface area (Å²) in [6, 6.07) is 4.51. The van der Waals surface area contributed by atoms with Crippen LogP contribution >= 0.6 is 11.8 Å². The topological polar surface area (TPSA) is 119 Å². The second-order valence-electron chi connectivity index (χ2n) is 5.13. The van der Waals surface area contributed by atoms with Gasteiger partial charge in [-0.15, -0.1) is 0 Å². The van der Waals surface area contributed by atoms with Gasteiger partial charge in [-0.25, -0.2) is 4.79 Å². The standard InChI is InChI=1S/C15H17N3O5S/c1-4-11(24-13-15(22)23-17-18(13)3)12(19)16-10-7-9(14(20)21)6-5-8(10)2/h5-7,11H,4H2,1-3H3,(H2-,16,17,19,20,21,22). The van der Waals surface area contributed by atoms with Crippen LogP contribution in [0.2, 0.25) is 0 Å². The molecule has 1 unspecified atom stereocenters. The summed E-state index contributed by atoms with van der Waals surface area (Å²) in [6.45, 7) is 3.58. The van der Waals surface area contributed by atoms with Crippen LogP contribution in [-0.2, 0) is 11.8 Å². The molecule has 0 aliphatic heterocycles. The normalized spacial score (nSPS) is 12.0. The number of rotatable bonds is 6. The van der Waals surface area contributed by atoms with Crippen LogP contribution in [0.1, 0.15) is 29.3 Å². The van der Waals surface area contributed by atoms with Gasteiger partial charge in [0.2, 0.25) is 5.91 Å². The molecule has 24 heavy (non-hydrogen) atoms. The number of aromatic nitrogens is 2. The smallest absolute Gasteiger partial charge is 0.335 e. The molecule has 1 atom stereocenters. The molecule has 0 saturated carbocycles. The highest BCUT2D eigenvalue weighted by atomic mass is 32.2. The van der Waals surface area contributed by atoms with Gasteiger partial charge in [-0.2, -0.15) is 0 Å². The number of nitrogens with one attached hydrogen (secondary N) is 1. The van der Waals surface area contributed by atoms with E-state index in [1.54, 1.807) is 20.0 Å². The average molecular weight is 351 g/mol. The van der Waals surface area contributed by atoms with Gasteiger partial charge in [0, 0.05) is 5.69 Å². The van der Waals surface area contributed by atoms with Gasteiger partial charge in [-0.3, -0.25) is 4.79 Å². The van der Waals surface area contributed by atoms with Crippen molar-refractivity contribution in [3.05, 3.63) is 29.3 Å². The third-order valence-corrected chi connectivity index (χ3v) is 4.86. The Bertz CT molecular complexity index is 755. The van der Waals surface area contributed by atoms with Crippen molar-refractivity contribution in [3.8, 4) is 5.95 Å². The summed E-state index contributed by atoms with van der Waals surface area (Å²) in [5, 5.41) is 26.5. The maximum Gasteiger partial charge on any atom is 0.335 e. The fraction of sp³-hybridized carbons (Fsp3) is 0.333. The van der Waals surface area contributed by atoms with Crippen molar-refractivity contribution in [1.82, 2.24) is 5.27 Å². The fourth-order valence-corrected chi connectivity index (χ4v) is 2.91. The molecule has 0 radical (unpaired) electrons. The van der Waals surface area contributed by atoms with Crippen LogP contribution in [0.15, 0.2) is 27.7 Å². The number of thioether (sulfide) groups is 1. The zero-order chi connectivity index (χ0) is 17.9. The third kappa shape index (κ3) is 3.85. The molecule has 0 bridgehead atoms. The molecule has 9 heteroatoms. The number of carbonyl (C=O) groups excluding carboxylic acids is 1. The van der Waals surface area contributed by atoms with E-state index in [1.165, 1.54) is 16.8 Å². The summed E-state index contributed by atoms with van der Waals surface area (Å²) in [4.78, 5) is 23.5. The lowest BCUT2D eigenvalue weighted by molar-refractivity contribution is -0.772. The second-order valence-corrected chi connectivity index (χ2v) is 6.32. The summed E-state index contributed by atoms with van der Waals surface area (Å²) in [5.41, 5.74) is 1.26. The molecule has 0 spiro atoms. The highest BCUT2D eigenvalue weighted by Gasteiger charge is 2.25. The van der Waals surface area contributed by atoms with Gasteiger partial charge in [0.25, 0.3) is 5.03 Å². The molecule has 1 heterocycles. The quantitative estimate of drug-likeness (QED) is 0.590. The predicted octanol–water partition coefficient (Wildman–Crippen LogP) is 1.09. The van der Waals surface area contributed by atoms with Crippen LogP contribution in [0.4, 0.5) is 5.69 Å². The monoisotopic (exact) mass is 351 g/mol. The number of hydrogen-bond donors (Lipinski definition) is 2. The average Bonchev–Trinajstić information content (AvgIpc) is 2.85. The van der Waals surface area contributed by atoms with Crippen molar-refractivity contribution in [3.63, 3.8) is 0 Å². The lowest BCUT2D eigenvalue weighted by atomic mass is 10.1. The Morgan fingerprint density at radius 2 is 2.21 bits per heavy atom. The van der Waals surface area contributed by atoms with E-state index in [9.17, 15) is 14.7 Å². The van der Waals surface area contributed by atoms with E-state index >= 15 is 0 Å². The van der Waals surface area contributed by atoms with Gasteiger partial charge in [-0.1, -0.05) is 17.7 Å². The number of benzene rings is 1. The molecular formula is C15H17N3O5S. The van der Waals surface area contributed by atoms with Crippen molar-refractivity contribution < 1.29 is 29.0 Å². The fourth-order valence-electron chi connectivity index (χ4n) is 1.99. The lowest BCUT2D eigenvalue weighted by Crippen LogP contribution is -2.34. The molecule has 1 aromatic carbocycles. The second kappa shape index (κ2) is 7.35. The van der Waals surface area contributed by atoms with Gasteiger partial charge in [0.1, 0.15) is 0 Å². The molecule has 0 fully saturated rings. The molecule has 1 aromatic heterocycles. The first-order chi connectivity index (χ1) is 11.3. The van der Waals surface area contributed by atoms with Crippen molar-refractivity contribution in [2.45, 2.75) is 30.5 Å². The Morgan fingerprint density at radius 1 is 1.50 bits per heavy atom. The summed E-state index contributed by atoms with van der Waals surface area (Å²) < 4.78 is 5.82. The number of nitrogens with zero attached hydrogens (tertiary/aromatic N) is 2. The van der Waals surface area contributed by atoms with E-state index in [0.717, 1.165) is 17.3 Å². The molecule has 128 valence electrons. The number of amides is 1. The third-order valence-electron chi connectivity index (χ3n) is 3.37. The Kier molecular flexibility index (Phi) is 5.45. The number of hydrogen-bond acceptors (Lipinski definition) is 6. The molecule has 1 amide bonds. The number of aryl methyl sites for hydroxylation is 2. The first-order valence-corrected chi connectivity index (χ1v) is 8.06. The first-order valence-electron chi connectivity index (χ1n) is 7.18. The van der Waals surface area contributed by atoms with Crippen LogP contribution in [0.5, 0.6) is 5.95 Å². The minimum atomic E-state index is -1.07. The first kappa shape index (κ1) is 17.8. The van der Waals surface area contributed by atoms with Crippen molar-refractivity contribution in [2.24, 2.45) is 7.05 Å². The number of carboxylic acids is 1. The minimum absolute atomic E-state index is 0.0869. The highest BCUT2D eigenvalue weighted by Crippen LogP contribution is 2.29. The van der Waals surface area contributed by atoms with Gasteiger partial charge >= 0.3 is 5.97 Å². The van der Waals surface area contributed by atoms with Crippen LogP contribution in [0.25, 0.3) is 0 Å². The van der Waals surface area contributed by atoms with Crippen molar-refractivity contribution in [2.75, 3.05) is 5.32 Å². The number of aromatic carboxylic acids is 1. The predicted molar refractivity (Wildman–Crippen MR) is 83.8 cm³/mol. The van der Waals surface area contributed by atoms with Crippen LogP contribution in [-0.4, -0.2) is 27.5 Å². The maximum atomic E-state index is 12.5. The number of anilines is 1. The zero-order valence-corrected chi connectivity index (χ0v) is 14.2. The van der Waals surface area contributed by atoms with Crippen molar-refractivity contribution >= 4 is 29.3 Å². The van der Waals surface area contributed by atoms with E-state index in [4.69, 9.17) is 5.11 Å². The zero-order valence-electron chi connectivity index (χ0n) is 13.4. The van der Waals surface area contributed by atoms with E-state index < -0.39 is 17.2 Å². The van der Waals surface area contributed by atoms with E-state index in [2.05, 4.69) is 15.1 Å². The molecule has 2 N–H and O–H groups in total. The number of carbonyl (C=O) groups is 2. The molecule has 8 nitrogen and oxygen atoms in total. The lowest BCUT2D eigenvalue weighted by Gasteiger charge is -2.14. The van der Waals surface area contributed by atoms with Gasteiger partial charge in [0.15, 0.2) is 13.0 Å². The highest BCUT2D eigenvalue weighted by molar-refractivity contribution is 8.00. The summed E-state index contributed by atoms with van der Waals surface area (Å²) in [6.07, 6.45) is 0.471. The SMILES string of the molecule is CCC(Sc1c([O-])on[n+]1C)C(=O)Nc1cc(C(=O)O)ccc1C. The molecule has 0 saturated heterocycles. The van der Waals surface area contributed by atoms with E-state index in [1.807, 2.05) is 6.92 Å². The largest absolute Gasteiger partial charge is 0.538 e. The van der Waals surface area contributed by atoms with Crippen molar-refractivity contribution in [1.29, 1.82) is 0 Å². The van der Waals surface area contributed by atoms with Crippen LogP contribution in [0.3, 0.4) is 0 Å². The van der Waals surface area contributed by atoms with Gasteiger partial charge in [0.05, 0.1) is 16.1 Å². The van der Waals surface area contributed by atoms with Crippen LogP contribution in [0, 0.1) is 6.92 Å². The number of carboxylic acid groups (broad SMARTS) is 1. The summed E-state index contributed by atoms with van der Waals surface area (Å²) >= 11 is 1.06. The summed E-state index contributed by atoms with van der Waals surface area (Å²) in [5.74, 6) is -1.99. The Hall–Kier alpha value is -2.55. The Labute approximate surface area is 142 Å². The Morgan fingerprint density at radius 3 is 2.75 bits per heavy atom. The van der Waals surface area contributed by atoms with E-state index in [0.29, 0.717) is 12.1 Å². The maximum absolute atomic E-state index is 12.5. The molecule has 2 rings (SSSR count). The van der Waals surface area contributed by atoms with Gasteiger partial charge < -0.3 is 20.1 Å². The summed E-state index contributed by atoms with van der Waals surface area (Å²) in [7, 11) is 1.55.